The predicted molar refractivity (Wildman–Crippen MR) is 86.3 cm³/mol. The molecule has 20 heavy (non-hydrogen) atoms. The van der Waals surface area contributed by atoms with Gasteiger partial charge in [0.05, 0.1) is 0 Å². The van der Waals surface area contributed by atoms with E-state index in [0.29, 0.717) is 11.8 Å². The third kappa shape index (κ3) is 1.98. The first-order valence-corrected chi connectivity index (χ1v) is 7.71. The molecule has 0 heteroatoms. The lowest BCUT2D eigenvalue weighted by Gasteiger charge is -2.40. The Morgan fingerprint density at radius 1 is 0.750 bits per heavy atom. The highest BCUT2D eigenvalue weighted by atomic mass is 14.4. The SMILES string of the molecule is CCC1c2ccccc2C(C(C)(C)C)c2ccccc21. The van der Waals surface area contributed by atoms with Crippen LogP contribution >= 0.6 is 0 Å². The molecule has 2 aromatic rings. The van der Waals surface area contributed by atoms with Crippen molar-refractivity contribution in [1.29, 1.82) is 0 Å². The molecule has 0 fully saturated rings. The Bertz CT molecular complexity index is 568. The van der Waals surface area contributed by atoms with Gasteiger partial charge in [0.25, 0.3) is 0 Å². The number of fused-ring (bicyclic) bond motifs is 2. The summed E-state index contributed by atoms with van der Waals surface area (Å²) in [5.74, 6) is 1.05. The Morgan fingerprint density at radius 2 is 1.15 bits per heavy atom. The summed E-state index contributed by atoms with van der Waals surface area (Å²) in [6.45, 7) is 9.38. The average Bonchev–Trinajstić information content (AvgIpc) is 2.43. The Hall–Kier alpha value is -1.56. The van der Waals surface area contributed by atoms with Gasteiger partial charge in [-0.1, -0.05) is 76.2 Å². The van der Waals surface area contributed by atoms with Crippen LogP contribution in [-0.4, -0.2) is 0 Å². The van der Waals surface area contributed by atoms with Crippen LogP contribution in [0, 0.1) is 5.41 Å². The summed E-state index contributed by atoms with van der Waals surface area (Å²) < 4.78 is 0. The van der Waals surface area contributed by atoms with E-state index in [1.54, 1.807) is 0 Å². The van der Waals surface area contributed by atoms with E-state index in [1.807, 2.05) is 0 Å². The maximum atomic E-state index is 2.36. The second-order valence-electron chi connectivity index (χ2n) is 7.02. The predicted octanol–water partition coefficient (Wildman–Crippen LogP) is 5.72. The summed E-state index contributed by atoms with van der Waals surface area (Å²) in [4.78, 5) is 0. The maximum absolute atomic E-state index is 2.36. The Kier molecular flexibility index (Phi) is 3.20. The fourth-order valence-electron chi connectivity index (χ4n) is 3.89. The molecule has 0 aromatic heterocycles. The van der Waals surface area contributed by atoms with Gasteiger partial charge < -0.3 is 0 Å². The smallest absolute Gasteiger partial charge is 0.0144 e. The van der Waals surface area contributed by atoms with Crippen LogP contribution in [0.2, 0.25) is 0 Å². The van der Waals surface area contributed by atoms with Crippen LogP contribution in [0.15, 0.2) is 48.5 Å². The zero-order valence-corrected chi connectivity index (χ0v) is 13.0. The molecule has 0 saturated heterocycles. The topological polar surface area (TPSA) is 0 Å². The van der Waals surface area contributed by atoms with Gasteiger partial charge in [0, 0.05) is 11.8 Å². The lowest BCUT2D eigenvalue weighted by atomic mass is 9.63. The molecule has 0 atom stereocenters. The van der Waals surface area contributed by atoms with E-state index >= 15 is 0 Å². The van der Waals surface area contributed by atoms with Crippen LogP contribution in [0.3, 0.4) is 0 Å². The standard InChI is InChI=1S/C20H24/c1-5-14-15-10-6-8-12-17(15)19(20(2,3)4)18-13-9-7-11-16(14)18/h6-14,19H,5H2,1-4H3. The van der Waals surface area contributed by atoms with E-state index < -0.39 is 0 Å². The normalized spacial score (nSPS) is 21.2. The molecule has 0 radical (unpaired) electrons. The lowest BCUT2D eigenvalue weighted by molar-refractivity contribution is 0.349. The monoisotopic (exact) mass is 264 g/mol. The van der Waals surface area contributed by atoms with Crippen molar-refractivity contribution >= 4 is 0 Å². The molecular formula is C20H24. The van der Waals surface area contributed by atoms with Crippen molar-refractivity contribution in [3.8, 4) is 0 Å². The van der Waals surface area contributed by atoms with Crippen LogP contribution in [0.1, 0.15) is 68.2 Å². The minimum absolute atomic E-state index is 0.241. The highest BCUT2D eigenvalue weighted by Gasteiger charge is 2.36. The van der Waals surface area contributed by atoms with Crippen LogP contribution in [0.5, 0.6) is 0 Å². The second-order valence-corrected chi connectivity index (χ2v) is 7.02. The first kappa shape index (κ1) is 13.4. The maximum Gasteiger partial charge on any atom is 0.0144 e. The summed E-state index contributed by atoms with van der Waals surface area (Å²) in [5.41, 5.74) is 6.38. The van der Waals surface area contributed by atoms with Crippen LogP contribution in [0.4, 0.5) is 0 Å². The molecule has 1 aliphatic carbocycles. The Labute approximate surface area is 122 Å². The first-order valence-electron chi connectivity index (χ1n) is 7.71. The van der Waals surface area contributed by atoms with E-state index in [0.717, 1.165) is 0 Å². The fraction of sp³-hybridized carbons (Fsp3) is 0.400. The third-order valence-corrected chi connectivity index (χ3v) is 4.64. The molecule has 0 unspecified atom stereocenters. The molecule has 0 aliphatic heterocycles. The van der Waals surface area contributed by atoms with Gasteiger partial charge in [-0.05, 0) is 34.1 Å². The second kappa shape index (κ2) is 4.77. The molecule has 0 saturated carbocycles. The van der Waals surface area contributed by atoms with Crippen molar-refractivity contribution in [3.05, 3.63) is 70.8 Å². The van der Waals surface area contributed by atoms with Crippen molar-refractivity contribution in [1.82, 2.24) is 0 Å². The average molecular weight is 264 g/mol. The highest BCUT2D eigenvalue weighted by Crippen LogP contribution is 2.51. The molecule has 0 bridgehead atoms. The number of rotatable bonds is 1. The minimum Gasteiger partial charge on any atom is -0.0645 e. The molecule has 104 valence electrons. The van der Waals surface area contributed by atoms with Gasteiger partial charge in [-0.3, -0.25) is 0 Å². The summed E-state index contributed by atoms with van der Waals surface area (Å²) in [6, 6.07) is 18.1. The zero-order valence-electron chi connectivity index (χ0n) is 13.0. The first-order chi connectivity index (χ1) is 9.54. The zero-order chi connectivity index (χ0) is 14.3. The van der Waals surface area contributed by atoms with Crippen molar-refractivity contribution in [2.24, 2.45) is 5.41 Å². The minimum atomic E-state index is 0.241. The van der Waals surface area contributed by atoms with Crippen molar-refractivity contribution in [3.63, 3.8) is 0 Å². The van der Waals surface area contributed by atoms with Crippen LogP contribution in [-0.2, 0) is 0 Å². The van der Waals surface area contributed by atoms with E-state index in [4.69, 9.17) is 0 Å². The molecule has 2 aromatic carbocycles. The third-order valence-electron chi connectivity index (χ3n) is 4.64. The van der Waals surface area contributed by atoms with E-state index in [9.17, 15) is 0 Å². The molecule has 1 aliphatic rings. The van der Waals surface area contributed by atoms with E-state index in [2.05, 4.69) is 76.2 Å². The van der Waals surface area contributed by atoms with E-state index in [1.165, 1.54) is 28.7 Å². The Morgan fingerprint density at radius 3 is 1.50 bits per heavy atom. The number of benzene rings is 2. The van der Waals surface area contributed by atoms with Crippen molar-refractivity contribution in [2.45, 2.75) is 46.0 Å². The summed E-state index contributed by atoms with van der Waals surface area (Å²) >= 11 is 0. The van der Waals surface area contributed by atoms with Crippen molar-refractivity contribution in [2.75, 3.05) is 0 Å². The molecule has 0 amide bonds. The van der Waals surface area contributed by atoms with Gasteiger partial charge >= 0.3 is 0 Å². The van der Waals surface area contributed by atoms with E-state index in [-0.39, 0.29) is 5.41 Å². The molecule has 0 heterocycles. The number of hydrogen-bond acceptors (Lipinski definition) is 0. The largest absolute Gasteiger partial charge is 0.0645 e. The fourth-order valence-corrected chi connectivity index (χ4v) is 3.89. The van der Waals surface area contributed by atoms with Crippen molar-refractivity contribution < 1.29 is 0 Å². The lowest BCUT2D eigenvalue weighted by Crippen LogP contribution is -2.27. The number of hydrogen-bond donors (Lipinski definition) is 0. The molecule has 0 N–H and O–H groups in total. The highest BCUT2D eigenvalue weighted by molar-refractivity contribution is 5.53. The Balaban J connectivity index is 2.29. The van der Waals surface area contributed by atoms with Crippen LogP contribution < -0.4 is 0 Å². The summed E-state index contributed by atoms with van der Waals surface area (Å²) in [6.07, 6.45) is 1.17. The summed E-state index contributed by atoms with van der Waals surface area (Å²) in [5, 5.41) is 0. The van der Waals surface area contributed by atoms with Gasteiger partial charge in [0.15, 0.2) is 0 Å². The molecular weight excluding hydrogens is 240 g/mol. The van der Waals surface area contributed by atoms with Gasteiger partial charge in [0.1, 0.15) is 0 Å². The quantitative estimate of drug-likeness (QED) is 0.618. The molecule has 0 spiro atoms. The van der Waals surface area contributed by atoms with Crippen LogP contribution in [0.25, 0.3) is 0 Å². The summed E-state index contributed by atoms with van der Waals surface area (Å²) in [7, 11) is 0. The van der Waals surface area contributed by atoms with Gasteiger partial charge in [0.2, 0.25) is 0 Å². The van der Waals surface area contributed by atoms with Gasteiger partial charge in [-0.25, -0.2) is 0 Å². The molecule has 3 rings (SSSR count). The van der Waals surface area contributed by atoms with Gasteiger partial charge in [-0.15, -0.1) is 0 Å². The molecule has 0 nitrogen and oxygen atoms in total. The van der Waals surface area contributed by atoms with Gasteiger partial charge in [-0.2, -0.15) is 0 Å².